The number of carbonyl (C=O) groups excluding carboxylic acids is 1. The molecule has 7 heteroatoms. The van der Waals surface area contributed by atoms with Crippen molar-refractivity contribution < 1.29 is 19.4 Å². The zero-order chi connectivity index (χ0) is 26.5. The maximum absolute atomic E-state index is 12.8. The molecule has 5 rings (SSSR count). The summed E-state index contributed by atoms with van der Waals surface area (Å²) in [5, 5.41) is 9.08. The van der Waals surface area contributed by atoms with E-state index >= 15 is 0 Å². The average molecular weight is 531 g/mol. The van der Waals surface area contributed by atoms with Crippen molar-refractivity contribution in [2.45, 2.75) is 51.3 Å². The van der Waals surface area contributed by atoms with E-state index in [1.165, 1.54) is 16.0 Å². The third kappa shape index (κ3) is 6.34. The Bertz CT molecular complexity index is 1290. The van der Waals surface area contributed by atoms with Crippen LogP contribution >= 0.6 is 11.3 Å². The molecule has 0 bridgehead atoms. The van der Waals surface area contributed by atoms with Crippen LogP contribution in [0.25, 0.3) is 0 Å². The zero-order valence-electron chi connectivity index (χ0n) is 21.6. The number of carboxylic acid groups (broad SMARTS) is 1. The SMILES string of the molecule is C=C[C@@H](CC(=O)O)c1ccc(OCc2cccc(CN3CCc4sc(C(=O)N5CCCC5)cc4C3)c2)cc1. The Kier molecular flexibility index (Phi) is 8.25. The van der Waals surface area contributed by atoms with Gasteiger partial charge in [0.25, 0.3) is 5.91 Å². The van der Waals surface area contributed by atoms with Crippen molar-refractivity contribution in [1.29, 1.82) is 0 Å². The molecular formula is C31H34N2O4S. The van der Waals surface area contributed by atoms with Gasteiger partial charge in [-0.2, -0.15) is 0 Å². The van der Waals surface area contributed by atoms with Gasteiger partial charge in [0.05, 0.1) is 11.3 Å². The fourth-order valence-corrected chi connectivity index (χ4v) is 6.42. The number of carbonyl (C=O) groups is 2. The van der Waals surface area contributed by atoms with Crippen LogP contribution in [0.1, 0.15) is 62.0 Å². The first-order valence-corrected chi connectivity index (χ1v) is 14.1. The van der Waals surface area contributed by atoms with Crippen LogP contribution in [-0.2, 0) is 30.9 Å². The summed E-state index contributed by atoms with van der Waals surface area (Å²) in [5.41, 5.74) is 4.57. The summed E-state index contributed by atoms with van der Waals surface area (Å²) in [6.45, 7) is 8.73. The van der Waals surface area contributed by atoms with Crippen molar-refractivity contribution in [1.82, 2.24) is 9.80 Å². The second-order valence-corrected chi connectivity index (χ2v) is 11.3. The van der Waals surface area contributed by atoms with Gasteiger partial charge < -0.3 is 14.7 Å². The lowest BCUT2D eigenvalue weighted by Gasteiger charge is -2.26. The second kappa shape index (κ2) is 12.0. The lowest BCUT2D eigenvalue weighted by Crippen LogP contribution is -2.29. The summed E-state index contributed by atoms with van der Waals surface area (Å²) in [5.74, 6) is -0.0997. The van der Waals surface area contributed by atoms with Gasteiger partial charge in [-0.3, -0.25) is 14.5 Å². The van der Waals surface area contributed by atoms with Gasteiger partial charge in [0, 0.05) is 43.5 Å². The van der Waals surface area contributed by atoms with E-state index in [0.717, 1.165) is 73.7 Å². The smallest absolute Gasteiger partial charge is 0.304 e. The molecule has 1 N–H and O–H groups in total. The molecule has 0 saturated carbocycles. The van der Waals surface area contributed by atoms with Crippen LogP contribution in [0.3, 0.4) is 0 Å². The molecular weight excluding hydrogens is 496 g/mol. The highest BCUT2D eigenvalue weighted by Crippen LogP contribution is 2.30. The first-order valence-electron chi connectivity index (χ1n) is 13.3. The van der Waals surface area contributed by atoms with E-state index in [1.54, 1.807) is 17.4 Å². The maximum atomic E-state index is 12.8. The van der Waals surface area contributed by atoms with Crippen molar-refractivity contribution in [2.75, 3.05) is 19.6 Å². The third-order valence-electron chi connectivity index (χ3n) is 7.34. The van der Waals surface area contributed by atoms with Crippen LogP contribution < -0.4 is 4.74 Å². The summed E-state index contributed by atoms with van der Waals surface area (Å²) in [4.78, 5) is 30.6. The first kappa shape index (κ1) is 26.2. The summed E-state index contributed by atoms with van der Waals surface area (Å²) in [6.07, 6.45) is 4.92. The normalized spacial score (nSPS) is 16.2. The Balaban J connectivity index is 1.16. The van der Waals surface area contributed by atoms with E-state index in [2.05, 4.69) is 41.8 Å². The molecule has 1 atom stereocenters. The van der Waals surface area contributed by atoms with E-state index in [9.17, 15) is 9.59 Å². The molecule has 2 aromatic carbocycles. The molecule has 38 heavy (non-hydrogen) atoms. The van der Waals surface area contributed by atoms with Gasteiger partial charge in [0.2, 0.25) is 0 Å². The number of nitrogens with zero attached hydrogens (tertiary/aromatic N) is 2. The number of allylic oxidation sites excluding steroid dienone is 1. The highest BCUT2D eigenvalue weighted by molar-refractivity contribution is 7.14. The molecule has 198 valence electrons. The molecule has 3 aromatic rings. The van der Waals surface area contributed by atoms with E-state index in [-0.39, 0.29) is 18.2 Å². The summed E-state index contributed by atoms with van der Waals surface area (Å²) in [6, 6.07) is 18.2. The van der Waals surface area contributed by atoms with Crippen molar-refractivity contribution in [2.24, 2.45) is 0 Å². The predicted molar refractivity (Wildman–Crippen MR) is 150 cm³/mol. The number of benzene rings is 2. The van der Waals surface area contributed by atoms with Gasteiger partial charge in [0.15, 0.2) is 0 Å². The number of fused-ring (bicyclic) bond motifs is 1. The summed E-state index contributed by atoms with van der Waals surface area (Å²) >= 11 is 1.69. The van der Waals surface area contributed by atoms with E-state index in [0.29, 0.717) is 6.61 Å². The van der Waals surface area contributed by atoms with Crippen LogP contribution in [0.2, 0.25) is 0 Å². The highest BCUT2D eigenvalue weighted by atomic mass is 32.1. The van der Waals surface area contributed by atoms with Crippen LogP contribution in [0.15, 0.2) is 67.3 Å². The molecule has 3 heterocycles. The van der Waals surface area contributed by atoms with Crippen LogP contribution in [0.4, 0.5) is 0 Å². The Morgan fingerprint density at radius 1 is 1.05 bits per heavy atom. The van der Waals surface area contributed by atoms with Gasteiger partial charge in [-0.05, 0) is 59.7 Å². The molecule has 6 nitrogen and oxygen atoms in total. The number of hydrogen-bond donors (Lipinski definition) is 1. The highest BCUT2D eigenvalue weighted by Gasteiger charge is 2.25. The van der Waals surface area contributed by atoms with Gasteiger partial charge in [0.1, 0.15) is 12.4 Å². The molecule has 2 aliphatic rings. The number of rotatable bonds is 10. The number of ether oxygens (including phenoxy) is 1. The van der Waals surface area contributed by atoms with E-state index in [1.807, 2.05) is 29.2 Å². The van der Waals surface area contributed by atoms with Crippen LogP contribution in [0, 0.1) is 0 Å². The number of aliphatic carboxylic acids is 1. The lowest BCUT2D eigenvalue weighted by molar-refractivity contribution is -0.137. The number of amides is 1. The van der Waals surface area contributed by atoms with Gasteiger partial charge >= 0.3 is 5.97 Å². The molecule has 1 fully saturated rings. The largest absolute Gasteiger partial charge is 0.489 e. The van der Waals surface area contributed by atoms with Gasteiger partial charge in [-0.25, -0.2) is 0 Å². The predicted octanol–water partition coefficient (Wildman–Crippen LogP) is 5.87. The minimum atomic E-state index is -0.840. The summed E-state index contributed by atoms with van der Waals surface area (Å²) in [7, 11) is 0. The van der Waals surface area contributed by atoms with E-state index < -0.39 is 5.97 Å². The Morgan fingerprint density at radius 2 is 1.82 bits per heavy atom. The third-order valence-corrected chi connectivity index (χ3v) is 8.57. The molecule has 1 amide bonds. The average Bonchev–Trinajstić information content (AvgIpc) is 3.61. The topological polar surface area (TPSA) is 70.1 Å². The number of thiophene rings is 1. The molecule has 2 aliphatic heterocycles. The monoisotopic (exact) mass is 530 g/mol. The molecule has 1 aromatic heterocycles. The molecule has 0 aliphatic carbocycles. The van der Waals surface area contributed by atoms with Crippen molar-refractivity contribution in [3.05, 3.63) is 99.3 Å². The van der Waals surface area contributed by atoms with Crippen LogP contribution in [0.5, 0.6) is 5.75 Å². The van der Waals surface area contributed by atoms with E-state index in [4.69, 9.17) is 9.84 Å². The molecule has 0 unspecified atom stereocenters. The minimum absolute atomic E-state index is 0.0269. The maximum Gasteiger partial charge on any atom is 0.304 e. The molecule has 1 saturated heterocycles. The van der Waals surface area contributed by atoms with Gasteiger partial charge in [-0.1, -0.05) is 42.5 Å². The standard InChI is InChI=1S/C31H34N2O4S/c1-2-24(18-30(34)35)25-8-10-27(11-9-25)37-21-23-7-5-6-22(16-23)19-32-15-12-28-26(20-32)17-29(38-28)31(36)33-13-3-4-14-33/h2,5-11,16-17,24H,1,3-4,12-15,18-21H2,(H,34,35)/t24-/m0/s1. The zero-order valence-corrected chi connectivity index (χ0v) is 22.4. The Morgan fingerprint density at radius 3 is 2.55 bits per heavy atom. The first-order chi connectivity index (χ1) is 18.5. The Hall–Kier alpha value is -3.42. The summed E-state index contributed by atoms with van der Waals surface area (Å²) < 4.78 is 6.01. The van der Waals surface area contributed by atoms with Crippen LogP contribution in [-0.4, -0.2) is 46.4 Å². The second-order valence-electron chi connectivity index (χ2n) is 10.1. The van der Waals surface area contributed by atoms with Crippen molar-refractivity contribution in [3.8, 4) is 5.75 Å². The quantitative estimate of drug-likeness (QED) is 0.332. The number of hydrogen-bond acceptors (Lipinski definition) is 5. The van der Waals surface area contributed by atoms with Crippen molar-refractivity contribution >= 4 is 23.2 Å². The Labute approximate surface area is 228 Å². The number of likely N-dealkylation sites (tertiary alicyclic amines) is 1. The van der Waals surface area contributed by atoms with Gasteiger partial charge in [-0.15, -0.1) is 17.9 Å². The van der Waals surface area contributed by atoms with Crippen molar-refractivity contribution in [3.63, 3.8) is 0 Å². The molecule has 0 radical (unpaired) electrons. The fraction of sp³-hybridized carbons (Fsp3) is 0.355. The fourth-order valence-electron chi connectivity index (χ4n) is 5.29. The molecule has 0 spiro atoms. The number of carboxylic acids is 1. The minimum Gasteiger partial charge on any atom is -0.489 e. The lowest BCUT2D eigenvalue weighted by atomic mass is 9.96.